The molecule has 1 amide bonds. The molecule has 4 rings (SSSR count). The number of amides is 1. The number of aryl methyl sites for hydroxylation is 1. The van der Waals surface area contributed by atoms with Crippen LogP contribution in [0.4, 0.5) is 5.69 Å². The number of anilines is 1. The van der Waals surface area contributed by atoms with Gasteiger partial charge in [-0.25, -0.2) is 0 Å². The smallest absolute Gasteiger partial charge is 0.305 e. The fourth-order valence-corrected chi connectivity index (χ4v) is 4.74. The molecule has 0 bridgehead atoms. The summed E-state index contributed by atoms with van der Waals surface area (Å²) in [6.07, 6.45) is -0.192. The van der Waals surface area contributed by atoms with E-state index in [1.54, 1.807) is 12.1 Å². The van der Waals surface area contributed by atoms with Crippen LogP contribution in [0.15, 0.2) is 28.7 Å². The fraction of sp³-hybridized carbons (Fsp3) is 0.440. The number of carboxylic acids is 1. The van der Waals surface area contributed by atoms with E-state index in [2.05, 4.69) is 10.6 Å². The summed E-state index contributed by atoms with van der Waals surface area (Å²) in [4.78, 5) is 50.6. The van der Waals surface area contributed by atoms with E-state index in [-0.39, 0.29) is 36.9 Å². The second kappa shape index (κ2) is 9.13. The first-order chi connectivity index (χ1) is 16.4. The normalized spacial score (nSPS) is 20.6. The number of nitrogens with one attached hydrogen (secondary N) is 2. The second-order valence-corrected chi connectivity index (χ2v) is 10.5. The Kier molecular flexibility index (Phi) is 6.50. The van der Waals surface area contributed by atoms with Gasteiger partial charge in [0.1, 0.15) is 23.6 Å². The van der Waals surface area contributed by atoms with Crippen LogP contribution in [0.2, 0.25) is 5.02 Å². The third kappa shape index (κ3) is 4.70. The molecule has 1 aliphatic carbocycles. The van der Waals surface area contributed by atoms with E-state index >= 15 is 0 Å². The highest BCUT2D eigenvalue weighted by atomic mass is 35.5. The van der Waals surface area contributed by atoms with Gasteiger partial charge in [0.05, 0.1) is 18.0 Å². The molecule has 9 nitrogen and oxygen atoms in total. The molecule has 0 saturated heterocycles. The summed E-state index contributed by atoms with van der Waals surface area (Å²) in [6.45, 7) is 8.08. The largest absolute Gasteiger partial charge is 0.481 e. The van der Waals surface area contributed by atoms with Crippen molar-refractivity contribution >= 4 is 40.7 Å². The minimum atomic E-state index is -1.01. The Labute approximate surface area is 207 Å². The Morgan fingerprint density at radius 1 is 1.17 bits per heavy atom. The number of carbonyl (C=O) groups is 4. The lowest BCUT2D eigenvalue weighted by Gasteiger charge is -2.40. The molecular weight excluding hydrogens is 474 g/mol. The molecule has 3 N–H and O–H groups in total. The van der Waals surface area contributed by atoms with E-state index < -0.39 is 29.6 Å². The Bertz CT molecular complexity index is 1210. The number of hydrogen-bond donors (Lipinski definition) is 3. The standard InChI is InChI=1S/C25H28ClN3O6/c1-12-5-8-16(35-12)23(25(2,3)4)28-20-19(21(32)22(20)33)27-15-7-6-14(26)13-11-29(10-9-17(30)31)24(34)18(13)15/h5-8,19-20,23,27-28H,9-11H2,1-4H3,(H,30,31)/t19?,20?,23-/m0/s1. The number of fused-ring (bicyclic) bond motifs is 1. The van der Waals surface area contributed by atoms with Crippen LogP contribution in [0.25, 0.3) is 0 Å². The third-order valence-electron chi connectivity index (χ3n) is 6.41. The number of nitrogens with zero attached hydrogens (tertiary/aromatic N) is 1. The highest BCUT2D eigenvalue weighted by Crippen LogP contribution is 2.38. The number of aliphatic carboxylic acids is 1. The first-order valence-electron chi connectivity index (χ1n) is 11.4. The quantitative estimate of drug-likeness (QED) is 0.470. The molecule has 1 saturated carbocycles. The minimum absolute atomic E-state index is 0.0411. The van der Waals surface area contributed by atoms with Crippen molar-refractivity contribution < 1.29 is 28.7 Å². The Balaban J connectivity index is 1.58. The maximum absolute atomic E-state index is 13.0. The average Bonchev–Trinajstić information content (AvgIpc) is 3.35. The lowest BCUT2D eigenvalue weighted by molar-refractivity contribution is -0.146. The molecule has 0 spiro atoms. The van der Waals surface area contributed by atoms with E-state index in [0.29, 0.717) is 27.6 Å². The zero-order valence-corrected chi connectivity index (χ0v) is 20.7. The molecule has 2 aromatic rings. The summed E-state index contributed by atoms with van der Waals surface area (Å²) < 4.78 is 5.81. The number of rotatable bonds is 8. The first kappa shape index (κ1) is 24.9. The van der Waals surface area contributed by atoms with Crippen LogP contribution in [-0.2, 0) is 20.9 Å². The van der Waals surface area contributed by atoms with Crippen LogP contribution in [-0.4, -0.2) is 52.1 Å². The Morgan fingerprint density at radius 3 is 2.46 bits per heavy atom. The third-order valence-corrected chi connectivity index (χ3v) is 6.77. The lowest BCUT2D eigenvalue weighted by atomic mass is 9.78. The molecule has 0 radical (unpaired) electrons. The zero-order valence-electron chi connectivity index (χ0n) is 20.0. The number of ketones is 2. The van der Waals surface area contributed by atoms with Crippen LogP contribution in [0.3, 0.4) is 0 Å². The van der Waals surface area contributed by atoms with Crippen molar-refractivity contribution in [2.45, 2.75) is 58.8 Å². The Morgan fingerprint density at radius 2 is 1.86 bits per heavy atom. The number of carboxylic acid groups (broad SMARTS) is 1. The van der Waals surface area contributed by atoms with E-state index in [0.717, 1.165) is 5.76 Å². The molecule has 2 aliphatic rings. The van der Waals surface area contributed by atoms with Crippen molar-refractivity contribution in [1.29, 1.82) is 0 Å². The van der Waals surface area contributed by atoms with E-state index in [1.165, 1.54) is 4.90 Å². The highest BCUT2D eigenvalue weighted by Gasteiger charge is 2.51. The summed E-state index contributed by atoms with van der Waals surface area (Å²) in [7, 11) is 0. The first-order valence-corrected chi connectivity index (χ1v) is 11.8. The van der Waals surface area contributed by atoms with Crippen LogP contribution >= 0.6 is 11.6 Å². The van der Waals surface area contributed by atoms with Gasteiger partial charge in [-0.3, -0.25) is 24.5 Å². The number of halogens is 1. The van der Waals surface area contributed by atoms with Gasteiger partial charge in [0.15, 0.2) is 0 Å². The van der Waals surface area contributed by atoms with Gasteiger partial charge in [0.25, 0.3) is 5.91 Å². The second-order valence-electron chi connectivity index (χ2n) is 10.1. The average molecular weight is 502 g/mol. The van der Waals surface area contributed by atoms with Crippen LogP contribution < -0.4 is 10.6 Å². The SMILES string of the molecule is Cc1ccc([C@H](NC2C(=O)C(=O)C2Nc2ccc(Cl)c3c2C(=O)N(CCC(=O)O)C3)C(C)(C)C)o1. The van der Waals surface area contributed by atoms with Gasteiger partial charge < -0.3 is 19.7 Å². The van der Waals surface area contributed by atoms with Crippen molar-refractivity contribution in [2.24, 2.45) is 5.41 Å². The number of hydrogen-bond acceptors (Lipinski definition) is 7. The maximum atomic E-state index is 13.0. The molecule has 1 aromatic heterocycles. The van der Waals surface area contributed by atoms with Crippen LogP contribution in [0, 0.1) is 12.3 Å². The molecule has 2 heterocycles. The highest BCUT2D eigenvalue weighted by molar-refractivity contribution is 6.49. The van der Waals surface area contributed by atoms with Crippen molar-refractivity contribution in [1.82, 2.24) is 10.2 Å². The molecule has 3 atom stereocenters. The lowest BCUT2D eigenvalue weighted by Crippen LogP contribution is -2.68. The van der Waals surface area contributed by atoms with E-state index in [4.69, 9.17) is 21.1 Å². The van der Waals surface area contributed by atoms with Crippen molar-refractivity contribution in [3.63, 3.8) is 0 Å². The summed E-state index contributed by atoms with van der Waals surface area (Å²) in [5.74, 6) is -1.09. The Hall–Kier alpha value is -3.17. The van der Waals surface area contributed by atoms with E-state index in [1.807, 2.05) is 39.8 Å². The molecule has 1 fully saturated rings. The number of furan rings is 1. The van der Waals surface area contributed by atoms with Gasteiger partial charge in [-0.15, -0.1) is 0 Å². The monoisotopic (exact) mass is 501 g/mol. The van der Waals surface area contributed by atoms with Gasteiger partial charge in [-0.1, -0.05) is 32.4 Å². The fourth-order valence-electron chi connectivity index (χ4n) is 4.52. The predicted molar refractivity (Wildman–Crippen MR) is 128 cm³/mol. The number of Topliss-reactive ketones (excluding diaryl/α,β-unsaturated/α-hetero) is 2. The zero-order chi connectivity index (χ0) is 25.7. The van der Waals surface area contributed by atoms with Gasteiger partial charge in [0, 0.05) is 29.4 Å². The van der Waals surface area contributed by atoms with Gasteiger partial charge in [0.2, 0.25) is 11.6 Å². The van der Waals surface area contributed by atoms with Gasteiger partial charge in [-0.2, -0.15) is 0 Å². The summed E-state index contributed by atoms with van der Waals surface area (Å²) >= 11 is 6.32. The topological polar surface area (TPSA) is 129 Å². The van der Waals surface area contributed by atoms with Gasteiger partial charge in [-0.05, 0) is 36.6 Å². The predicted octanol–water partition coefficient (Wildman–Crippen LogP) is 3.35. The van der Waals surface area contributed by atoms with Crippen molar-refractivity contribution in [3.05, 3.63) is 51.9 Å². The van der Waals surface area contributed by atoms with Crippen molar-refractivity contribution in [3.8, 4) is 0 Å². The molecule has 1 aliphatic heterocycles. The van der Waals surface area contributed by atoms with Gasteiger partial charge >= 0.3 is 5.97 Å². The summed E-state index contributed by atoms with van der Waals surface area (Å²) in [5.41, 5.74) is 0.915. The van der Waals surface area contributed by atoms with Crippen LogP contribution in [0.5, 0.6) is 0 Å². The van der Waals surface area contributed by atoms with Crippen molar-refractivity contribution in [2.75, 3.05) is 11.9 Å². The molecule has 1 aromatic carbocycles. The minimum Gasteiger partial charge on any atom is -0.481 e. The molecular formula is C25H28ClN3O6. The van der Waals surface area contributed by atoms with Crippen LogP contribution in [0.1, 0.15) is 60.7 Å². The van der Waals surface area contributed by atoms with E-state index in [9.17, 15) is 19.2 Å². The maximum Gasteiger partial charge on any atom is 0.305 e. The molecule has 2 unspecified atom stereocenters. The molecule has 35 heavy (non-hydrogen) atoms. The summed E-state index contributed by atoms with van der Waals surface area (Å²) in [6, 6.07) is 4.88. The summed E-state index contributed by atoms with van der Waals surface area (Å²) in [5, 5.41) is 15.7. The molecule has 186 valence electrons. The number of benzene rings is 1. The number of carbonyl (C=O) groups excluding carboxylic acids is 3. The molecule has 10 heteroatoms.